The van der Waals surface area contributed by atoms with Crippen LogP contribution in [0.4, 0.5) is 18.9 Å². The van der Waals surface area contributed by atoms with Crippen LogP contribution in [0.25, 0.3) is 0 Å². The fourth-order valence-corrected chi connectivity index (χ4v) is 2.31. The Hall–Kier alpha value is -2.99. The van der Waals surface area contributed by atoms with Crippen molar-refractivity contribution in [1.82, 2.24) is 9.97 Å². The number of halogens is 3. The third kappa shape index (κ3) is 2.57. The van der Waals surface area contributed by atoms with Crippen molar-refractivity contribution < 1.29 is 18.3 Å². The van der Waals surface area contributed by atoms with Crippen LogP contribution in [0.5, 0.6) is 0 Å². The van der Waals surface area contributed by atoms with Crippen molar-refractivity contribution in [2.24, 2.45) is 5.10 Å². The largest absolute Gasteiger partial charge is 0.438 e. The molecule has 3 heterocycles. The van der Waals surface area contributed by atoms with Crippen molar-refractivity contribution in [3.8, 4) is 6.07 Å². The molecule has 1 unspecified atom stereocenters. The standard InChI is InChI=1S/C15H10F3N5O/c16-15(17,18)14(24)6-13(10-2-1-5-20-8-10)22-23(14)12-4-3-11(7-19)21-9-12/h1-5,8-9,24H,6H2. The molecule has 0 amide bonds. The summed E-state index contributed by atoms with van der Waals surface area (Å²) in [4.78, 5) is 7.57. The molecule has 1 N–H and O–H groups in total. The van der Waals surface area contributed by atoms with Crippen molar-refractivity contribution in [3.63, 3.8) is 0 Å². The lowest BCUT2D eigenvalue weighted by Gasteiger charge is -2.33. The van der Waals surface area contributed by atoms with E-state index in [9.17, 15) is 18.3 Å². The van der Waals surface area contributed by atoms with Crippen molar-refractivity contribution in [2.75, 3.05) is 5.01 Å². The minimum absolute atomic E-state index is 0.0463. The van der Waals surface area contributed by atoms with E-state index in [1.807, 2.05) is 0 Å². The van der Waals surface area contributed by atoms with E-state index in [2.05, 4.69) is 15.1 Å². The first-order chi connectivity index (χ1) is 11.3. The maximum atomic E-state index is 13.5. The number of pyridine rings is 2. The first-order valence-electron chi connectivity index (χ1n) is 6.78. The van der Waals surface area contributed by atoms with E-state index in [4.69, 9.17) is 5.26 Å². The number of nitriles is 1. The lowest BCUT2D eigenvalue weighted by molar-refractivity contribution is -0.254. The van der Waals surface area contributed by atoms with E-state index in [1.54, 1.807) is 18.2 Å². The van der Waals surface area contributed by atoms with Crippen molar-refractivity contribution in [3.05, 3.63) is 54.1 Å². The van der Waals surface area contributed by atoms with Crippen molar-refractivity contribution in [2.45, 2.75) is 18.3 Å². The summed E-state index contributed by atoms with van der Waals surface area (Å²) in [5, 5.41) is 23.4. The predicted octanol–water partition coefficient (Wildman–Crippen LogP) is 2.21. The van der Waals surface area contributed by atoms with Gasteiger partial charge in [-0.3, -0.25) is 4.98 Å². The molecule has 9 heteroatoms. The second-order valence-corrected chi connectivity index (χ2v) is 5.10. The normalized spacial score (nSPS) is 20.6. The van der Waals surface area contributed by atoms with Gasteiger partial charge in [-0.05, 0) is 18.2 Å². The summed E-state index contributed by atoms with van der Waals surface area (Å²) in [5.74, 6) is 0. The minimum atomic E-state index is -4.95. The van der Waals surface area contributed by atoms with E-state index in [0.717, 1.165) is 6.20 Å². The highest BCUT2D eigenvalue weighted by Gasteiger charge is 2.62. The molecule has 0 spiro atoms. The highest BCUT2D eigenvalue weighted by Crippen LogP contribution is 2.43. The van der Waals surface area contributed by atoms with E-state index >= 15 is 0 Å². The van der Waals surface area contributed by atoms with Gasteiger partial charge in [0.1, 0.15) is 11.8 Å². The molecule has 1 aliphatic heterocycles. The summed E-state index contributed by atoms with van der Waals surface area (Å²) >= 11 is 0. The van der Waals surface area contributed by atoms with E-state index < -0.39 is 18.3 Å². The van der Waals surface area contributed by atoms with Gasteiger partial charge in [0.25, 0.3) is 5.72 Å². The highest BCUT2D eigenvalue weighted by atomic mass is 19.4. The molecule has 0 radical (unpaired) electrons. The Morgan fingerprint density at radius 3 is 2.58 bits per heavy atom. The van der Waals surface area contributed by atoms with Crippen LogP contribution in [0, 0.1) is 11.3 Å². The summed E-state index contributed by atoms with van der Waals surface area (Å²) in [6, 6.07) is 7.40. The summed E-state index contributed by atoms with van der Waals surface area (Å²) in [7, 11) is 0. The van der Waals surface area contributed by atoms with Crippen LogP contribution >= 0.6 is 0 Å². The molecular weight excluding hydrogens is 323 g/mol. The quantitative estimate of drug-likeness (QED) is 0.911. The molecule has 0 bridgehead atoms. The summed E-state index contributed by atoms with van der Waals surface area (Å²) in [6.45, 7) is 0. The van der Waals surface area contributed by atoms with Gasteiger partial charge in [0.2, 0.25) is 0 Å². The Bertz CT molecular complexity index is 814. The van der Waals surface area contributed by atoms with Crippen LogP contribution < -0.4 is 5.01 Å². The Labute approximate surface area is 134 Å². The van der Waals surface area contributed by atoms with Crippen molar-refractivity contribution >= 4 is 11.4 Å². The van der Waals surface area contributed by atoms with E-state index in [-0.39, 0.29) is 17.1 Å². The van der Waals surface area contributed by atoms with Crippen LogP contribution in [-0.4, -0.2) is 32.7 Å². The molecule has 0 saturated carbocycles. The third-order valence-electron chi connectivity index (χ3n) is 3.54. The lowest BCUT2D eigenvalue weighted by atomic mass is 10.0. The van der Waals surface area contributed by atoms with Gasteiger partial charge in [-0.15, -0.1) is 0 Å². The molecule has 3 rings (SSSR count). The maximum absolute atomic E-state index is 13.5. The van der Waals surface area contributed by atoms with Gasteiger partial charge in [-0.25, -0.2) is 9.99 Å². The number of anilines is 1. The molecular formula is C15H10F3N5O. The molecule has 0 fully saturated rings. The molecule has 0 aliphatic carbocycles. The number of aliphatic hydroxyl groups is 1. The first kappa shape index (κ1) is 15.9. The Morgan fingerprint density at radius 1 is 1.25 bits per heavy atom. The fraction of sp³-hybridized carbons (Fsp3) is 0.200. The molecule has 0 saturated heterocycles. The Morgan fingerprint density at radius 2 is 2.04 bits per heavy atom. The predicted molar refractivity (Wildman–Crippen MR) is 77.8 cm³/mol. The summed E-state index contributed by atoms with van der Waals surface area (Å²) in [5.41, 5.74) is -2.80. The fourth-order valence-electron chi connectivity index (χ4n) is 2.31. The van der Waals surface area contributed by atoms with Gasteiger partial charge in [0.15, 0.2) is 0 Å². The molecule has 1 aliphatic rings. The Balaban J connectivity index is 2.07. The van der Waals surface area contributed by atoms with Gasteiger partial charge >= 0.3 is 6.18 Å². The molecule has 122 valence electrons. The number of rotatable bonds is 2. The van der Waals surface area contributed by atoms with Gasteiger partial charge in [0, 0.05) is 18.0 Å². The number of alkyl halides is 3. The van der Waals surface area contributed by atoms with E-state index in [1.165, 1.54) is 24.5 Å². The topological polar surface area (TPSA) is 85.4 Å². The molecule has 1 atom stereocenters. The number of hydrogen-bond donors (Lipinski definition) is 1. The number of hydrazone groups is 1. The van der Waals surface area contributed by atoms with Crippen molar-refractivity contribution in [1.29, 1.82) is 5.26 Å². The third-order valence-corrected chi connectivity index (χ3v) is 3.54. The molecule has 24 heavy (non-hydrogen) atoms. The SMILES string of the molecule is N#Cc1ccc(N2N=C(c3cccnc3)CC2(O)C(F)(F)F)cn1. The van der Waals surface area contributed by atoms with Gasteiger partial charge in [-0.1, -0.05) is 6.07 Å². The average Bonchev–Trinajstić information content (AvgIpc) is 2.95. The van der Waals surface area contributed by atoms with Gasteiger partial charge in [0.05, 0.1) is 24.0 Å². The van der Waals surface area contributed by atoms with Crippen LogP contribution in [0.2, 0.25) is 0 Å². The van der Waals surface area contributed by atoms with Crippen LogP contribution in [0.1, 0.15) is 17.7 Å². The number of nitrogens with zero attached hydrogens (tertiary/aromatic N) is 5. The number of aromatic nitrogens is 2. The number of hydrogen-bond acceptors (Lipinski definition) is 6. The summed E-state index contributed by atoms with van der Waals surface area (Å²) in [6.07, 6.45) is -1.78. The molecule has 6 nitrogen and oxygen atoms in total. The van der Waals surface area contributed by atoms with Gasteiger partial charge in [-0.2, -0.15) is 23.5 Å². The summed E-state index contributed by atoms with van der Waals surface area (Å²) < 4.78 is 40.4. The second kappa shape index (κ2) is 5.58. The monoisotopic (exact) mass is 333 g/mol. The highest BCUT2D eigenvalue weighted by molar-refractivity contribution is 6.03. The zero-order valence-corrected chi connectivity index (χ0v) is 12.1. The van der Waals surface area contributed by atoms with Gasteiger partial charge < -0.3 is 5.11 Å². The Kier molecular flexibility index (Phi) is 3.69. The molecule has 2 aromatic heterocycles. The maximum Gasteiger partial charge on any atom is 0.438 e. The van der Waals surface area contributed by atoms with E-state index in [0.29, 0.717) is 10.6 Å². The second-order valence-electron chi connectivity index (χ2n) is 5.10. The first-order valence-corrected chi connectivity index (χ1v) is 6.78. The zero-order valence-electron chi connectivity index (χ0n) is 12.1. The zero-order chi connectivity index (χ0) is 17.4. The average molecular weight is 333 g/mol. The van der Waals surface area contributed by atoms with Crippen LogP contribution in [-0.2, 0) is 0 Å². The smallest absolute Gasteiger partial charge is 0.362 e. The minimum Gasteiger partial charge on any atom is -0.362 e. The molecule has 0 aromatic carbocycles. The lowest BCUT2D eigenvalue weighted by Crippen LogP contribution is -2.55. The molecule has 2 aromatic rings. The van der Waals surface area contributed by atoms with Crippen LogP contribution in [0.15, 0.2) is 48.0 Å². The van der Waals surface area contributed by atoms with Crippen LogP contribution in [0.3, 0.4) is 0 Å².